The molecule has 0 fully saturated rings. The van der Waals surface area contributed by atoms with E-state index in [2.05, 4.69) is 0 Å². The molecule has 0 radical (unpaired) electrons. The smallest absolute Gasteiger partial charge is 0.372 e. The van der Waals surface area contributed by atoms with Crippen molar-refractivity contribution in [3.8, 4) is 0 Å². The first-order valence-corrected chi connectivity index (χ1v) is 7.31. The monoisotopic (exact) mass is 306 g/mol. The van der Waals surface area contributed by atoms with Crippen molar-refractivity contribution in [2.24, 2.45) is 0 Å². The van der Waals surface area contributed by atoms with Crippen LogP contribution in [0.3, 0.4) is 0 Å². The average Bonchev–Trinajstić information content (AvgIpc) is 2.88. The molecule has 2 rings (SSSR count). The fraction of sp³-hybridized carbons (Fsp3) is 0.0714. The molecule has 2 aromatic rings. The van der Waals surface area contributed by atoms with Crippen LogP contribution in [0.15, 0.2) is 51.6 Å². The zero-order valence-electron chi connectivity index (χ0n) is 10.2. The normalized spacial score (nSPS) is 10.2. The summed E-state index contributed by atoms with van der Waals surface area (Å²) in [6, 6.07) is 13.1. The van der Waals surface area contributed by atoms with Gasteiger partial charge >= 0.3 is 5.97 Å². The van der Waals surface area contributed by atoms with E-state index < -0.39 is 24.0 Å². The maximum absolute atomic E-state index is 11.7. The van der Waals surface area contributed by atoms with Crippen LogP contribution in [0.25, 0.3) is 0 Å². The lowest BCUT2D eigenvalue weighted by atomic mass is 10.2. The number of Topliss-reactive ketones (excluding diaryl/α,β-unsaturated/α-hetero) is 2. The van der Waals surface area contributed by atoms with Gasteiger partial charge in [-0.25, -0.2) is 4.79 Å². The number of carbonyl (C=O) groups is 3. The maximum Gasteiger partial charge on any atom is 0.372 e. The van der Waals surface area contributed by atoms with Gasteiger partial charge in [-0.05, 0) is 24.3 Å². The summed E-state index contributed by atoms with van der Waals surface area (Å²) in [5.74, 6) is -3.11. The third-order valence-corrected chi connectivity index (χ3v) is 4.64. The number of carbonyl (C=O) groups excluding carboxylic acids is 2. The Kier molecular flexibility index (Phi) is 4.70. The Balaban J connectivity index is 2.04. The van der Waals surface area contributed by atoms with Crippen LogP contribution >= 0.6 is 23.1 Å². The van der Waals surface area contributed by atoms with Gasteiger partial charge in [-0.2, -0.15) is 0 Å². The maximum atomic E-state index is 11.7. The number of hydrogen-bond donors (Lipinski definition) is 1. The van der Waals surface area contributed by atoms with Gasteiger partial charge in [0.2, 0.25) is 5.78 Å². The van der Waals surface area contributed by atoms with Gasteiger partial charge in [0.05, 0.1) is 15.5 Å². The topological polar surface area (TPSA) is 71.4 Å². The summed E-state index contributed by atoms with van der Waals surface area (Å²) in [6.07, 6.45) is -0.592. The highest BCUT2D eigenvalue weighted by atomic mass is 32.2. The summed E-state index contributed by atoms with van der Waals surface area (Å²) in [5.41, 5.74) is 0. The van der Waals surface area contributed by atoms with E-state index >= 15 is 0 Å². The van der Waals surface area contributed by atoms with Gasteiger partial charge < -0.3 is 5.11 Å². The molecule has 0 atom stereocenters. The second-order valence-corrected chi connectivity index (χ2v) is 6.32. The number of rotatable bonds is 6. The highest BCUT2D eigenvalue weighted by Crippen LogP contribution is 2.33. The molecule has 4 nitrogen and oxygen atoms in total. The number of ketones is 2. The second kappa shape index (κ2) is 6.49. The highest BCUT2D eigenvalue weighted by Gasteiger charge is 2.19. The molecule has 6 heteroatoms. The fourth-order valence-electron chi connectivity index (χ4n) is 1.44. The van der Waals surface area contributed by atoms with Gasteiger partial charge in [-0.3, -0.25) is 9.59 Å². The predicted molar refractivity (Wildman–Crippen MR) is 76.5 cm³/mol. The molecule has 102 valence electrons. The summed E-state index contributed by atoms with van der Waals surface area (Å²) in [5, 5.41) is 8.48. The van der Waals surface area contributed by atoms with Crippen molar-refractivity contribution in [2.75, 3.05) is 0 Å². The van der Waals surface area contributed by atoms with Crippen LogP contribution in [0.4, 0.5) is 0 Å². The zero-order valence-corrected chi connectivity index (χ0v) is 11.9. The Hall–Kier alpha value is -1.92. The Morgan fingerprint density at radius 1 is 1.05 bits per heavy atom. The molecule has 1 aromatic heterocycles. The minimum absolute atomic E-state index is 0.401. The largest absolute Gasteiger partial charge is 0.475 e. The first-order valence-electron chi connectivity index (χ1n) is 5.68. The summed E-state index contributed by atoms with van der Waals surface area (Å²) in [6.45, 7) is 0. The minimum Gasteiger partial charge on any atom is -0.475 e. The summed E-state index contributed by atoms with van der Waals surface area (Å²) >= 11 is 2.77. The van der Waals surface area contributed by atoms with Crippen LogP contribution in [0.2, 0.25) is 0 Å². The van der Waals surface area contributed by atoms with Crippen molar-refractivity contribution in [3.05, 3.63) is 47.3 Å². The van der Waals surface area contributed by atoms with E-state index in [9.17, 15) is 14.4 Å². The van der Waals surface area contributed by atoms with E-state index in [0.717, 1.165) is 9.10 Å². The van der Waals surface area contributed by atoms with Gasteiger partial charge in [0.1, 0.15) is 0 Å². The molecule has 0 amide bonds. The Morgan fingerprint density at radius 3 is 2.40 bits per heavy atom. The first kappa shape index (κ1) is 14.5. The SMILES string of the molecule is O=C(O)C(=O)CC(=O)c1ccc(Sc2ccccc2)s1. The molecule has 0 spiro atoms. The van der Waals surface area contributed by atoms with Gasteiger partial charge in [0.25, 0.3) is 0 Å². The van der Waals surface area contributed by atoms with E-state index in [1.807, 2.05) is 30.3 Å². The van der Waals surface area contributed by atoms with Gasteiger partial charge in [-0.15, -0.1) is 11.3 Å². The van der Waals surface area contributed by atoms with Crippen LogP contribution in [-0.4, -0.2) is 22.6 Å². The molecule has 0 aliphatic heterocycles. The average molecular weight is 306 g/mol. The van der Waals surface area contributed by atoms with Crippen LogP contribution < -0.4 is 0 Å². The molecular weight excluding hydrogens is 296 g/mol. The van der Waals surface area contributed by atoms with Crippen LogP contribution in [-0.2, 0) is 9.59 Å². The zero-order chi connectivity index (χ0) is 14.5. The lowest BCUT2D eigenvalue weighted by Gasteiger charge is -1.96. The molecule has 0 saturated carbocycles. The first-order chi connectivity index (χ1) is 9.56. The molecule has 0 unspecified atom stereocenters. The summed E-state index contributed by atoms with van der Waals surface area (Å²) < 4.78 is 0.919. The van der Waals surface area contributed by atoms with Gasteiger partial charge in [-0.1, -0.05) is 30.0 Å². The van der Waals surface area contributed by atoms with Gasteiger partial charge in [0, 0.05) is 4.90 Å². The molecule has 0 aliphatic carbocycles. The Morgan fingerprint density at radius 2 is 1.75 bits per heavy atom. The van der Waals surface area contributed by atoms with Crippen molar-refractivity contribution in [2.45, 2.75) is 15.5 Å². The number of thiophene rings is 1. The molecule has 0 aliphatic rings. The van der Waals surface area contributed by atoms with Crippen molar-refractivity contribution in [3.63, 3.8) is 0 Å². The molecule has 1 N–H and O–H groups in total. The third-order valence-electron chi connectivity index (χ3n) is 2.38. The van der Waals surface area contributed by atoms with Crippen LogP contribution in [0, 0.1) is 0 Å². The minimum atomic E-state index is -1.58. The Bertz CT molecular complexity index is 646. The standard InChI is InChI=1S/C14H10O4S2/c15-10(8-11(16)14(17)18)12-6-7-13(20-12)19-9-4-2-1-3-5-9/h1-7H,8H2,(H,17,18). The second-order valence-electron chi connectivity index (χ2n) is 3.86. The van der Waals surface area contributed by atoms with Crippen molar-refractivity contribution >= 4 is 40.6 Å². The number of carboxylic acid groups (broad SMARTS) is 1. The molecular formula is C14H10O4S2. The van der Waals surface area contributed by atoms with Gasteiger partial charge in [0.15, 0.2) is 5.78 Å². The number of hydrogen-bond acceptors (Lipinski definition) is 5. The van der Waals surface area contributed by atoms with Crippen LogP contribution in [0.5, 0.6) is 0 Å². The predicted octanol–water partition coefficient (Wildman–Crippen LogP) is 3.13. The highest BCUT2D eigenvalue weighted by molar-refractivity contribution is 8.01. The van der Waals surface area contributed by atoms with E-state index in [0.29, 0.717) is 4.88 Å². The molecule has 0 saturated heterocycles. The summed E-state index contributed by atoms with van der Waals surface area (Å²) in [4.78, 5) is 34.6. The number of benzene rings is 1. The number of aliphatic carboxylic acids is 1. The quantitative estimate of drug-likeness (QED) is 0.504. The molecule has 0 bridgehead atoms. The third kappa shape index (κ3) is 3.79. The Labute approximate surface area is 123 Å². The molecule has 1 heterocycles. The van der Waals surface area contributed by atoms with E-state index in [1.165, 1.54) is 23.1 Å². The summed E-state index contributed by atoms with van der Waals surface area (Å²) in [7, 11) is 0. The van der Waals surface area contributed by atoms with Crippen molar-refractivity contribution in [1.82, 2.24) is 0 Å². The van der Waals surface area contributed by atoms with Crippen molar-refractivity contribution in [1.29, 1.82) is 0 Å². The molecule has 1 aromatic carbocycles. The van der Waals surface area contributed by atoms with E-state index in [4.69, 9.17) is 5.11 Å². The van der Waals surface area contributed by atoms with Crippen LogP contribution in [0.1, 0.15) is 16.1 Å². The molecule has 20 heavy (non-hydrogen) atoms. The van der Waals surface area contributed by atoms with E-state index in [-0.39, 0.29) is 0 Å². The van der Waals surface area contributed by atoms with Crippen molar-refractivity contribution < 1.29 is 19.5 Å². The lowest BCUT2D eigenvalue weighted by molar-refractivity contribution is -0.148. The lowest BCUT2D eigenvalue weighted by Crippen LogP contribution is -2.16. The number of carboxylic acids is 1. The van der Waals surface area contributed by atoms with E-state index in [1.54, 1.807) is 12.1 Å². The fourth-order valence-corrected chi connectivity index (χ4v) is 3.50.